The summed E-state index contributed by atoms with van der Waals surface area (Å²) in [6.45, 7) is 12.0. The minimum atomic E-state index is -1.24. The van der Waals surface area contributed by atoms with Crippen LogP contribution in [0.15, 0.2) is 4.40 Å². The second-order valence-corrected chi connectivity index (χ2v) is 9.29. The summed E-state index contributed by atoms with van der Waals surface area (Å²) in [5.41, 5.74) is -0.480. The zero-order chi connectivity index (χ0) is 16.3. The molecule has 5 nitrogen and oxygen atoms in total. The van der Waals surface area contributed by atoms with Gasteiger partial charge in [-0.1, -0.05) is 4.40 Å². The van der Waals surface area contributed by atoms with Gasteiger partial charge >= 0.3 is 6.09 Å². The summed E-state index contributed by atoms with van der Waals surface area (Å²) in [6.07, 6.45) is 3.96. The van der Waals surface area contributed by atoms with Gasteiger partial charge in [-0.25, -0.2) is 4.79 Å². The Morgan fingerprint density at radius 1 is 1.38 bits per heavy atom. The first-order chi connectivity index (χ1) is 9.50. The van der Waals surface area contributed by atoms with E-state index in [9.17, 15) is 9.35 Å². The van der Waals surface area contributed by atoms with Crippen LogP contribution in [-0.4, -0.2) is 44.7 Å². The molecule has 1 aliphatic rings. The Morgan fingerprint density at radius 2 is 2.00 bits per heavy atom. The van der Waals surface area contributed by atoms with Crippen LogP contribution in [0.2, 0.25) is 0 Å². The average molecular weight is 316 g/mol. The van der Waals surface area contributed by atoms with Gasteiger partial charge in [0.2, 0.25) is 0 Å². The van der Waals surface area contributed by atoms with Gasteiger partial charge in [-0.15, -0.1) is 0 Å². The van der Waals surface area contributed by atoms with Crippen molar-refractivity contribution in [1.82, 2.24) is 4.90 Å². The second kappa shape index (κ2) is 7.01. The van der Waals surface area contributed by atoms with Crippen molar-refractivity contribution in [3.8, 4) is 0 Å². The highest BCUT2D eigenvalue weighted by atomic mass is 32.2. The Balaban J connectivity index is 2.55. The maximum Gasteiger partial charge on any atom is 0.410 e. The van der Waals surface area contributed by atoms with E-state index in [2.05, 4.69) is 4.40 Å². The quantitative estimate of drug-likeness (QED) is 0.592. The Kier molecular flexibility index (Phi) is 6.11. The van der Waals surface area contributed by atoms with Crippen LogP contribution < -0.4 is 0 Å². The molecule has 6 heteroatoms. The van der Waals surface area contributed by atoms with Crippen LogP contribution in [0.1, 0.15) is 60.8 Å². The number of nitrogens with zero attached hydrogens (tertiary/aromatic N) is 2. The molecule has 1 aliphatic heterocycles. The van der Waals surface area contributed by atoms with E-state index in [0.29, 0.717) is 6.42 Å². The number of likely N-dealkylation sites (tertiary alicyclic amines) is 1. The summed E-state index contributed by atoms with van der Waals surface area (Å²) in [6, 6.07) is 0.0977. The van der Waals surface area contributed by atoms with Crippen LogP contribution in [0.5, 0.6) is 0 Å². The van der Waals surface area contributed by atoms with Gasteiger partial charge in [-0.2, -0.15) is 0 Å². The molecule has 0 radical (unpaired) electrons. The lowest BCUT2D eigenvalue weighted by Crippen LogP contribution is -2.40. The van der Waals surface area contributed by atoms with Crippen molar-refractivity contribution in [1.29, 1.82) is 0 Å². The fourth-order valence-electron chi connectivity index (χ4n) is 2.03. The van der Waals surface area contributed by atoms with E-state index in [4.69, 9.17) is 4.74 Å². The summed E-state index contributed by atoms with van der Waals surface area (Å²) in [7, 11) is 0. The molecule has 122 valence electrons. The van der Waals surface area contributed by atoms with Crippen molar-refractivity contribution in [3.05, 3.63) is 0 Å². The molecule has 1 amide bonds. The number of carbonyl (C=O) groups excluding carboxylic acids is 1. The lowest BCUT2D eigenvalue weighted by Gasteiger charge is -2.28. The van der Waals surface area contributed by atoms with Crippen LogP contribution >= 0.6 is 0 Å². The molecule has 0 aromatic heterocycles. The molecule has 1 rings (SSSR count). The Morgan fingerprint density at radius 3 is 2.52 bits per heavy atom. The van der Waals surface area contributed by atoms with Crippen molar-refractivity contribution in [3.63, 3.8) is 0 Å². The third kappa shape index (κ3) is 6.26. The SMILES string of the molecule is CC(C)(C)OC(=O)N1CCCC1CC=N[S+]([O-])C(C)(C)C. The first-order valence-electron chi connectivity index (χ1n) is 7.45. The number of amides is 1. The minimum absolute atomic E-state index is 0.0977. The molecule has 1 heterocycles. The third-order valence-corrected chi connectivity index (χ3v) is 4.47. The molecule has 21 heavy (non-hydrogen) atoms. The molecule has 1 fully saturated rings. The maximum atomic E-state index is 12.1. The maximum absolute atomic E-state index is 12.1. The van der Waals surface area contributed by atoms with E-state index in [0.717, 1.165) is 19.4 Å². The second-order valence-electron chi connectivity index (χ2n) is 7.36. The highest BCUT2D eigenvalue weighted by Crippen LogP contribution is 2.23. The molecule has 2 atom stereocenters. The van der Waals surface area contributed by atoms with Crippen molar-refractivity contribution >= 4 is 23.7 Å². The monoisotopic (exact) mass is 316 g/mol. The molecule has 0 N–H and O–H groups in total. The van der Waals surface area contributed by atoms with E-state index in [-0.39, 0.29) is 16.9 Å². The predicted octanol–water partition coefficient (Wildman–Crippen LogP) is 3.31. The summed E-state index contributed by atoms with van der Waals surface area (Å²) < 4.78 is 21.0. The lowest BCUT2D eigenvalue weighted by atomic mass is 10.1. The van der Waals surface area contributed by atoms with Gasteiger partial charge in [-0.3, -0.25) is 0 Å². The molecule has 0 spiro atoms. The summed E-state index contributed by atoms with van der Waals surface area (Å²) in [5, 5.41) is 0. The van der Waals surface area contributed by atoms with Crippen molar-refractivity contribution in [2.75, 3.05) is 6.54 Å². The zero-order valence-electron chi connectivity index (χ0n) is 14.0. The van der Waals surface area contributed by atoms with Crippen molar-refractivity contribution < 1.29 is 14.1 Å². The lowest BCUT2D eigenvalue weighted by molar-refractivity contribution is 0.0232. The smallest absolute Gasteiger partial charge is 0.410 e. The minimum Gasteiger partial charge on any atom is -0.591 e. The van der Waals surface area contributed by atoms with Gasteiger partial charge in [0.15, 0.2) is 0 Å². The van der Waals surface area contributed by atoms with Crippen LogP contribution in [0, 0.1) is 0 Å². The molecule has 0 bridgehead atoms. The normalized spacial score (nSPS) is 21.9. The van der Waals surface area contributed by atoms with E-state index in [1.807, 2.05) is 41.5 Å². The summed E-state index contributed by atoms with van der Waals surface area (Å²) in [4.78, 5) is 13.9. The fraction of sp³-hybridized carbons (Fsp3) is 0.867. The van der Waals surface area contributed by atoms with Crippen LogP contribution in [-0.2, 0) is 16.1 Å². The highest BCUT2D eigenvalue weighted by molar-refractivity contribution is 7.91. The summed E-state index contributed by atoms with van der Waals surface area (Å²) >= 11 is -1.24. The topological polar surface area (TPSA) is 65.0 Å². The molecule has 1 saturated heterocycles. The van der Waals surface area contributed by atoms with Crippen molar-refractivity contribution in [2.45, 2.75) is 77.2 Å². The Hall–Kier alpha value is -0.750. The number of ether oxygens (including phenoxy) is 1. The molecule has 2 unspecified atom stereocenters. The Bertz CT molecular complexity index is 385. The molecular formula is C15H28N2O3S. The number of hydrogen-bond donors (Lipinski definition) is 0. The largest absolute Gasteiger partial charge is 0.591 e. The molecule has 0 saturated carbocycles. The van der Waals surface area contributed by atoms with Gasteiger partial charge in [0.05, 0.1) is 6.21 Å². The van der Waals surface area contributed by atoms with Gasteiger partial charge in [0.25, 0.3) is 0 Å². The fourth-order valence-corrected chi connectivity index (χ4v) is 2.57. The van der Waals surface area contributed by atoms with Crippen molar-refractivity contribution in [2.24, 2.45) is 4.40 Å². The van der Waals surface area contributed by atoms with Gasteiger partial charge < -0.3 is 14.2 Å². The van der Waals surface area contributed by atoms with Crippen LogP contribution in [0.25, 0.3) is 0 Å². The van der Waals surface area contributed by atoms with E-state index >= 15 is 0 Å². The number of hydrogen-bond acceptors (Lipinski definition) is 4. The first-order valence-corrected chi connectivity index (χ1v) is 8.55. The van der Waals surface area contributed by atoms with E-state index in [1.54, 1.807) is 11.1 Å². The predicted molar refractivity (Wildman–Crippen MR) is 87.0 cm³/mol. The van der Waals surface area contributed by atoms with Gasteiger partial charge in [-0.05, 0) is 54.4 Å². The van der Waals surface area contributed by atoms with E-state index < -0.39 is 17.0 Å². The van der Waals surface area contributed by atoms with E-state index in [1.165, 1.54) is 0 Å². The molecule has 0 aromatic rings. The zero-order valence-corrected chi connectivity index (χ0v) is 14.8. The Labute approximate surface area is 131 Å². The highest BCUT2D eigenvalue weighted by Gasteiger charge is 2.32. The molecule has 0 aliphatic carbocycles. The third-order valence-electron chi connectivity index (χ3n) is 3.08. The van der Waals surface area contributed by atoms with Crippen LogP contribution in [0.4, 0.5) is 4.79 Å². The molecular weight excluding hydrogens is 288 g/mol. The standard InChI is InChI=1S/C15H28N2O3S/c1-14(2,3)20-13(18)17-11-7-8-12(17)9-10-16-21(19)15(4,5)6/h10,12H,7-9,11H2,1-6H3. The molecule has 0 aromatic carbocycles. The summed E-state index contributed by atoms with van der Waals surface area (Å²) in [5.74, 6) is 0. The number of carbonyl (C=O) groups is 1. The van der Waals surface area contributed by atoms with Gasteiger partial charge in [0, 0.05) is 19.0 Å². The first kappa shape index (κ1) is 18.3. The van der Waals surface area contributed by atoms with Crippen LogP contribution in [0.3, 0.4) is 0 Å². The average Bonchev–Trinajstić information content (AvgIpc) is 2.73. The number of rotatable bonds is 3. The van der Waals surface area contributed by atoms with Gasteiger partial charge in [0.1, 0.15) is 21.7 Å².